The fourth-order valence-electron chi connectivity index (χ4n) is 1.81. The SMILES string of the molecule is Cc1oc(CNC(=O)N(CCO)C(C)C)cc1C(=O)O. The molecule has 20 heavy (non-hydrogen) atoms. The highest BCUT2D eigenvalue weighted by molar-refractivity contribution is 5.88. The summed E-state index contributed by atoms with van der Waals surface area (Å²) in [7, 11) is 0. The predicted molar refractivity (Wildman–Crippen MR) is 71.6 cm³/mol. The summed E-state index contributed by atoms with van der Waals surface area (Å²) in [4.78, 5) is 24.3. The first-order valence-corrected chi connectivity index (χ1v) is 6.34. The monoisotopic (exact) mass is 284 g/mol. The quantitative estimate of drug-likeness (QED) is 0.728. The number of nitrogens with one attached hydrogen (secondary N) is 1. The maximum absolute atomic E-state index is 11.9. The first kappa shape index (κ1) is 16.0. The topological polar surface area (TPSA) is 103 Å². The zero-order valence-electron chi connectivity index (χ0n) is 11.8. The minimum absolute atomic E-state index is 0.0462. The van der Waals surface area contributed by atoms with E-state index in [1.165, 1.54) is 11.0 Å². The van der Waals surface area contributed by atoms with Crippen molar-refractivity contribution in [2.75, 3.05) is 13.2 Å². The number of hydrogen-bond acceptors (Lipinski definition) is 4. The van der Waals surface area contributed by atoms with Crippen LogP contribution in [0.4, 0.5) is 4.79 Å². The molecular formula is C13H20N2O5. The van der Waals surface area contributed by atoms with E-state index >= 15 is 0 Å². The molecule has 112 valence electrons. The van der Waals surface area contributed by atoms with E-state index in [4.69, 9.17) is 14.6 Å². The van der Waals surface area contributed by atoms with Gasteiger partial charge in [-0.25, -0.2) is 9.59 Å². The number of carboxylic acid groups (broad SMARTS) is 1. The average molecular weight is 284 g/mol. The molecule has 0 spiro atoms. The van der Waals surface area contributed by atoms with Crippen molar-refractivity contribution in [3.63, 3.8) is 0 Å². The van der Waals surface area contributed by atoms with Gasteiger partial charge in [-0.3, -0.25) is 0 Å². The summed E-state index contributed by atoms with van der Waals surface area (Å²) < 4.78 is 5.26. The Morgan fingerprint density at radius 2 is 2.10 bits per heavy atom. The molecule has 0 bridgehead atoms. The standard InChI is InChI=1S/C13H20N2O5/c1-8(2)15(4-5-16)13(19)14-7-10-6-11(12(17)18)9(3)20-10/h6,8,16H,4-5,7H2,1-3H3,(H,14,19)(H,17,18). The maximum Gasteiger partial charge on any atom is 0.339 e. The highest BCUT2D eigenvalue weighted by Gasteiger charge is 2.18. The number of hydrogen-bond donors (Lipinski definition) is 3. The van der Waals surface area contributed by atoms with Gasteiger partial charge in [-0.15, -0.1) is 0 Å². The number of carbonyl (C=O) groups excluding carboxylic acids is 1. The normalized spacial score (nSPS) is 10.7. The van der Waals surface area contributed by atoms with Gasteiger partial charge in [0.05, 0.1) is 13.2 Å². The van der Waals surface area contributed by atoms with E-state index in [0.29, 0.717) is 11.5 Å². The molecule has 0 aliphatic carbocycles. The second-order valence-corrected chi connectivity index (χ2v) is 4.66. The van der Waals surface area contributed by atoms with Crippen LogP contribution in [0.1, 0.15) is 35.7 Å². The van der Waals surface area contributed by atoms with Crippen LogP contribution in [-0.2, 0) is 6.54 Å². The number of urea groups is 1. The van der Waals surface area contributed by atoms with Crippen molar-refractivity contribution in [2.24, 2.45) is 0 Å². The number of aliphatic hydroxyl groups is 1. The predicted octanol–water partition coefficient (Wildman–Crippen LogP) is 1.20. The Balaban J connectivity index is 2.64. The molecule has 0 unspecified atom stereocenters. The van der Waals surface area contributed by atoms with Crippen molar-refractivity contribution in [3.8, 4) is 0 Å². The van der Waals surface area contributed by atoms with E-state index in [9.17, 15) is 9.59 Å². The Bertz CT molecular complexity index is 481. The summed E-state index contributed by atoms with van der Waals surface area (Å²) in [5.41, 5.74) is 0.0883. The summed E-state index contributed by atoms with van der Waals surface area (Å²) in [5.74, 6) is -0.383. The number of aliphatic hydroxyl groups excluding tert-OH is 1. The van der Waals surface area contributed by atoms with Gasteiger partial charge >= 0.3 is 12.0 Å². The molecular weight excluding hydrogens is 264 g/mol. The third-order valence-corrected chi connectivity index (χ3v) is 2.84. The molecule has 0 aliphatic heterocycles. The first-order chi connectivity index (χ1) is 9.36. The second-order valence-electron chi connectivity index (χ2n) is 4.66. The van der Waals surface area contributed by atoms with Crippen molar-refractivity contribution in [1.29, 1.82) is 0 Å². The minimum atomic E-state index is -1.06. The molecule has 1 rings (SSSR count). The molecule has 7 nitrogen and oxygen atoms in total. The summed E-state index contributed by atoms with van der Waals surface area (Å²) >= 11 is 0. The highest BCUT2D eigenvalue weighted by Crippen LogP contribution is 2.14. The second kappa shape index (κ2) is 6.95. The van der Waals surface area contributed by atoms with Crippen LogP contribution in [0.2, 0.25) is 0 Å². The largest absolute Gasteiger partial charge is 0.478 e. The Kier molecular flexibility index (Phi) is 5.57. The number of carboxylic acids is 1. The first-order valence-electron chi connectivity index (χ1n) is 6.34. The van der Waals surface area contributed by atoms with Crippen molar-refractivity contribution >= 4 is 12.0 Å². The number of furan rings is 1. The Labute approximate surface area is 117 Å². The average Bonchev–Trinajstić information content (AvgIpc) is 2.74. The highest BCUT2D eigenvalue weighted by atomic mass is 16.4. The van der Waals surface area contributed by atoms with E-state index in [-0.39, 0.29) is 37.3 Å². The molecule has 1 aromatic heterocycles. The van der Waals surface area contributed by atoms with Crippen molar-refractivity contribution < 1.29 is 24.2 Å². The fourth-order valence-corrected chi connectivity index (χ4v) is 1.81. The number of aromatic carboxylic acids is 1. The third kappa shape index (κ3) is 3.99. The van der Waals surface area contributed by atoms with Crippen LogP contribution in [0.15, 0.2) is 10.5 Å². The summed E-state index contributed by atoms with van der Waals surface area (Å²) in [6, 6.07) is 1.01. The Morgan fingerprint density at radius 1 is 1.45 bits per heavy atom. The number of rotatable bonds is 6. The van der Waals surface area contributed by atoms with Gasteiger partial charge in [0.2, 0.25) is 0 Å². The molecule has 0 saturated carbocycles. The Morgan fingerprint density at radius 3 is 2.55 bits per heavy atom. The van der Waals surface area contributed by atoms with Gasteiger partial charge in [0.15, 0.2) is 0 Å². The van der Waals surface area contributed by atoms with Gasteiger partial charge < -0.3 is 24.8 Å². The molecule has 0 fully saturated rings. The molecule has 1 heterocycles. The number of aryl methyl sites for hydroxylation is 1. The molecule has 1 aromatic rings. The lowest BCUT2D eigenvalue weighted by molar-refractivity contribution is 0.0695. The number of nitrogens with zero attached hydrogens (tertiary/aromatic N) is 1. The van der Waals surface area contributed by atoms with Gasteiger partial charge in [0, 0.05) is 12.6 Å². The van der Waals surface area contributed by atoms with Gasteiger partial charge in [-0.05, 0) is 26.8 Å². The van der Waals surface area contributed by atoms with Gasteiger partial charge in [-0.1, -0.05) is 0 Å². The molecule has 0 saturated heterocycles. The van der Waals surface area contributed by atoms with Crippen LogP contribution in [-0.4, -0.2) is 46.3 Å². The lowest BCUT2D eigenvalue weighted by Crippen LogP contribution is -2.45. The van der Waals surface area contributed by atoms with E-state index in [1.54, 1.807) is 6.92 Å². The maximum atomic E-state index is 11.9. The van der Waals surface area contributed by atoms with Crippen LogP contribution in [0.5, 0.6) is 0 Å². The molecule has 0 radical (unpaired) electrons. The summed E-state index contributed by atoms with van der Waals surface area (Å²) in [6.07, 6.45) is 0. The summed E-state index contributed by atoms with van der Waals surface area (Å²) in [6.45, 7) is 5.46. The third-order valence-electron chi connectivity index (χ3n) is 2.84. The fraction of sp³-hybridized carbons (Fsp3) is 0.538. The zero-order valence-corrected chi connectivity index (χ0v) is 11.8. The van der Waals surface area contributed by atoms with Gasteiger partial charge in [0.25, 0.3) is 0 Å². The molecule has 0 aliphatic rings. The lowest BCUT2D eigenvalue weighted by atomic mass is 10.2. The number of amides is 2. The Hall–Kier alpha value is -2.02. The molecule has 7 heteroatoms. The zero-order chi connectivity index (χ0) is 15.3. The van der Waals surface area contributed by atoms with Crippen LogP contribution in [0.3, 0.4) is 0 Å². The smallest absolute Gasteiger partial charge is 0.339 e. The van der Waals surface area contributed by atoms with Crippen molar-refractivity contribution in [3.05, 3.63) is 23.2 Å². The molecule has 0 atom stereocenters. The van der Waals surface area contributed by atoms with E-state index < -0.39 is 5.97 Å². The number of carbonyl (C=O) groups is 2. The lowest BCUT2D eigenvalue weighted by Gasteiger charge is -2.25. The van der Waals surface area contributed by atoms with Crippen molar-refractivity contribution in [1.82, 2.24) is 10.2 Å². The molecule has 0 aromatic carbocycles. The van der Waals surface area contributed by atoms with Crippen LogP contribution >= 0.6 is 0 Å². The van der Waals surface area contributed by atoms with Crippen molar-refractivity contribution in [2.45, 2.75) is 33.4 Å². The van der Waals surface area contributed by atoms with Crippen LogP contribution < -0.4 is 5.32 Å². The van der Waals surface area contributed by atoms with E-state index in [0.717, 1.165) is 0 Å². The van der Waals surface area contributed by atoms with Gasteiger partial charge in [0.1, 0.15) is 17.1 Å². The van der Waals surface area contributed by atoms with Gasteiger partial charge in [-0.2, -0.15) is 0 Å². The minimum Gasteiger partial charge on any atom is -0.478 e. The van der Waals surface area contributed by atoms with E-state index in [1.807, 2.05) is 13.8 Å². The van der Waals surface area contributed by atoms with Crippen LogP contribution in [0, 0.1) is 6.92 Å². The molecule has 3 N–H and O–H groups in total. The summed E-state index contributed by atoms with van der Waals surface area (Å²) in [5, 5.41) is 20.5. The van der Waals surface area contributed by atoms with Crippen LogP contribution in [0.25, 0.3) is 0 Å². The molecule has 2 amide bonds. The van der Waals surface area contributed by atoms with E-state index in [2.05, 4.69) is 5.32 Å².